The maximum absolute atomic E-state index is 12.9. The van der Waals surface area contributed by atoms with Crippen LogP contribution in [0.4, 0.5) is 0 Å². The van der Waals surface area contributed by atoms with Crippen LogP contribution in [0.15, 0.2) is 0 Å². The summed E-state index contributed by atoms with van der Waals surface area (Å²) < 4.78 is 10.4. The van der Waals surface area contributed by atoms with Gasteiger partial charge >= 0.3 is 0 Å². The van der Waals surface area contributed by atoms with Crippen LogP contribution in [0.25, 0.3) is 0 Å². The monoisotopic (exact) mass is 324 g/mol. The van der Waals surface area contributed by atoms with Crippen molar-refractivity contribution < 1.29 is 19.1 Å². The minimum Gasteiger partial charge on any atom is -0.383 e. The fourth-order valence-corrected chi connectivity index (χ4v) is 4.17. The molecule has 1 spiro atoms. The molecule has 2 amide bonds. The van der Waals surface area contributed by atoms with Crippen molar-refractivity contribution in [1.82, 2.24) is 9.80 Å². The van der Waals surface area contributed by atoms with Gasteiger partial charge in [-0.15, -0.1) is 0 Å². The third-order valence-electron chi connectivity index (χ3n) is 5.70. The van der Waals surface area contributed by atoms with Crippen molar-refractivity contribution in [2.75, 3.05) is 53.1 Å². The maximum Gasteiger partial charge on any atom is 0.229 e. The van der Waals surface area contributed by atoms with Crippen LogP contribution in [-0.2, 0) is 19.1 Å². The molecule has 3 rings (SSSR count). The summed E-state index contributed by atoms with van der Waals surface area (Å²) in [4.78, 5) is 29.3. The van der Waals surface area contributed by atoms with Gasteiger partial charge in [0.1, 0.15) is 0 Å². The van der Waals surface area contributed by atoms with E-state index in [1.807, 2.05) is 9.80 Å². The van der Waals surface area contributed by atoms with Gasteiger partial charge in [0, 0.05) is 39.9 Å². The van der Waals surface area contributed by atoms with Gasteiger partial charge in [-0.3, -0.25) is 9.59 Å². The van der Waals surface area contributed by atoms with Gasteiger partial charge in [-0.25, -0.2) is 0 Å². The summed E-state index contributed by atoms with van der Waals surface area (Å²) in [5.74, 6) is 0.526. The maximum atomic E-state index is 12.9. The van der Waals surface area contributed by atoms with E-state index in [4.69, 9.17) is 9.47 Å². The van der Waals surface area contributed by atoms with Crippen LogP contribution < -0.4 is 0 Å². The van der Waals surface area contributed by atoms with Crippen LogP contribution in [0, 0.1) is 11.3 Å². The number of ether oxygens (including phenoxy) is 2. The van der Waals surface area contributed by atoms with E-state index in [1.165, 1.54) is 0 Å². The first-order valence-corrected chi connectivity index (χ1v) is 8.81. The number of carbonyl (C=O) groups excluding carboxylic acids is 2. The highest BCUT2D eigenvalue weighted by Gasteiger charge is 2.46. The summed E-state index contributed by atoms with van der Waals surface area (Å²) in [6, 6.07) is 0. The predicted molar refractivity (Wildman–Crippen MR) is 84.9 cm³/mol. The van der Waals surface area contributed by atoms with Gasteiger partial charge in [0.25, 0.3) is 0 Å². The highest BCUT2D eigenvalue weighted by molar-refractivity contribution is 5.84. The molecule has 0 aromatic heterocycles. The van der Waals surface area contributed by atoms with Crippen molar-refractivity contribution in [3.63, 3.8) is 0 Å². The van der Waals surface area contributed by atoms with Gasteiger partial charge < -0.3 is 19.3 Å². The Bertz CT molecular complexity index is 440. The Hall–Kier alpha value is -1.14. The minimum absolute atomic E-state index is 0.0318. The van der Waals surface area contributed by atoms with E-state index in [0.29, 0.717) is 39.5 Å². The van der Waals surface area contributed by atoms with Crippen LogP contribution >= 0.6 is 0 Å². The number of methoxy groups -OCH3 is 1. The van der Waals surface area contributed by atoms with Gasteiger partial charge in [0.15, 0.2) is 0 Å². The molecule has 0 saturated carbocycles. The Balaban J connectivity index is 1.58. The number of rotatable bonds is 4. The van der Waals surface area contributed by atoms with Crippen molar-refractivity contribution >= 4 is 11.8 Å². The van der Waals surface area contributed by atoms with Crippen molar-refractivity contribution in [2.45, 2.75) is 32.1 Å². The summed E-state index contributed by atoms with van der Waals surface area (Å²) in [5.41, 5.74) is -0.241. The van der Waals surface area contributed by atoms with Gasteiger partial charge in [0.2, 0.25) is 11.8 Å². The highest BCUT2D eigenvalue weighted by atomic mass is 16.5. The lowest BCUT2D eigenvalue weighted by atomic mass is 9.71. The zero-order chi connectivity index (χ0) is 16.3. The first kappa shape index (κ1) is 16.7. The minimum atomic E-state index is -0.241. The number of hydrogen-bond acceptors (Lipinski definition) is 4. The van der Waals surface area contributed by atoms with Crippen LogP contribution in [0.1, 0.15) is 32.1 Å². The molecule has 3 heterocycles. The second kappa shape index (κ2) is 7.18. The highest BCUT2D eigenvalue weighted by Crippen LogP contribution is 2.41. The van der Waals surface area contributed by atoms with Crippen molar-refractivity contribution in [3.05, 3.63) is 0 Å². The van der Waals surface area contributed by atoms with E-state index < -0.39 is 0 Å². The van der Waals surface area contributed by atoms with E-state index in [0.717, 1.165) is 38.6 Å². The third-order valence-corrected chi connectivity index (χ3v) is 5.70. The molecule has 1 atom stereocenters. The van der Waals surface area contributed by atoms with Crippen LogP contribution in [0.2, 0.25) is 0 Å². The molecule has 3 aliphatic rings. The summed E-state index contributed by atoms with van der Waals surface area (Å²) in [6.07, 6.45) is 4.46. The number of piperidine rings is 2. The molecule has 3 aliphatic heterocycles. The normalized spacial score (nSPS) is 27.7. The SMILES string of the molecule is COCCN1CCCC2(CCN(C(=O)[C@@H]3CCOC3)CC2)C1=O. The molecule has 0 N–H and O–H groups in total. The van der Waals surface area contributed by atoms with Crippen molar-refractivity contribution in [1.29, 1.82) is 0 Å². The zero-order valence-corrected chi connectivity index (χ0v) is 14.1. The standard InChI is InChI=1S/C17H28N2O4/c1-22-12-10-19-7-2-4-17(16(19)21)5-8-18(9-6-17)15(20)14-3-11-23-13-14/h14H,2-13H2,1H3/t14-/m1/s1. The Morgan fingerprint density at radius 1 is 1.30 bits per heavy atom. The lowest BCUT2D eigenvalue weighted by molar-refractivity contribution is -0.154. The molecule has 0 aromatic carbocycles. The number of hydrogen-bond donors (Lipinski definition) is 0. The van der Waals surface area contributed by atoms with Crippen LogP contribution in [-0.4, -0.2) is 74.7 Å². The Labute approximate surface area is 138 Å². The summed E-state index contributed by atoms with van der Waals surface area (Å²) >= 11 is 0. The smallest absolute Gasteiger partial charge is 0.229 e. The molecular formula is C17H28N2O4. The van der Waals surface area contributed by atoms with E-state index in [2.05, 4.69) is 0 Å². The summed E-state index contributed by atoms with van der Waals surface area (Å²) in [5, 5.41) is 0. The lowest BCUT2D eigenvalue weighted by Crippen LogP contribution is -2.55. The molecule has 0 bridgehead atoms. The van der Waals surface area contributed by atoms with Gasteiger partial charge in [0.05, 0.1) is 24.5 Å². The molecule has 3 fully saturated rings. The molecule has 3 saturated heterocycles. The Kier molecular flexibility index (Phi) is 5.21. The molecule has 0 aromatic rings. The predicted octanol–water partition coefficient (Wildman–Crippen LogP) is 0.901. The number of nitrogens with zero attached hydrogens (tertiary/aromatic N) is 2. The first-order chi connectivity index (χ1) is 11.2. The Morgan fingerprint density at radius 2 is 2.09 bits per heavy atom. The van der Waals surface area contributed by atoms with Gasteiger partial charge in [-0.2, -0.15) is 0 Å². The fourth-order valence-electron chi connectivity index (χ4n) is 4.17. The first-order valence-electron chi connectivity index (χ1n) is 8.81. The Morgan fingerprint density at radius 3 is 2.74 bits per heavy atom. The average molecular weight is 324 g/mol. The summed E-state index contributed by atoms with van der Waals surface area (Å²) in [6.45, 7) is 4.78. The third kappa shape index (κ3) is 3.38. The van der Waals surface area contributed by atoms with E-state index in [1.54, 1.807) is 7.11 Å². The molecule has 0 aliphatic carbocycles. The largest absolute Gasteiger partial charge is 0.383 e. The zero-order valence-electron chi connectivity index (χ0n) is 14.1. The molecule has 6 heteroatoms. The van der Waals surface area contributed by atoms with E-state index in [-0.39, 0.29) is 23.1 Å². The van der Waals surface area contributed by atoms with E-state index in [9.17, 15) is 9.59 Å². The molecular weight excluding hydrogens is 296 g/mol. The molecule has 0 radical (unpaired) electrons. The van der Waals surface area contributed by atoms with Gasteiger partial charge in [-0.05, 0) is 32.1 Å². The fraction of sp³-hybridized carbons (Fsp3) is 0.882. The number of amides is 2. The second-order valence-corrected chi connectivity index (χ2v) is 7.05. The molecule has 0 unspecified atom stereocenters. The summed E-state index contributed by atoms with van der Waals surface area (Å²) in [7, 11) is 1.67. The second-order valence-electron chi connectivity index (χ2n) is 7.05. The number of likely N-dealkylation sites (tertiary alicyclic amines) is 2. The number of carbonyl (C=O) groups is 2. The van der Waals surface area contributed by atoms with Crippen LogP contribution in [0.5, 0.6) is 0 Å². The van der Waals surface area contributed by atoms with Crippen molar-refractivity contribution in [2.24, 2.45) is 11.3 Å². The van der Waals surface area contributed by atoms with E-state index >= 15 is 0 Å². The lowest BCUT2D eigenvalue weighted by Gasteiger charge is -2.46. The molecule has 23 heavy (non-hydrogen) atoms. The molecule has 6 nitrogen and oxygen atoms in total. The van der Waals surface area contributed by atoms with Crippen LogP contribution in [0.3, 0.4) is 0 Å². The van der Waals surface area contributed by atoms with Crippen molar-refractivity contribution in [3.8, 4) is 0 Å². The van der Waals surface area contributed by atoms with Gasteiger partial charge in [-0.1, -0.05) is 0 Å². The molecule has 130 valence electrons. The topological polar surface area (TPSA) is 59.1 Å². The quantitative estimate of drug-likeness (QED) is 0.771. The average Bonchev–Trinajstić information content (AvgIpc) is 3.11.